The predicted octanol–water partition coefficient (Wildman–Crippen LogP) is 4.17. The van der Waals surface area contributed by atoms with Crippen molar-refractivity contribution < 1.29 is 8.42 Å². The molecule has 0 aliphatic heterocycles. The molecule has 0 saturated carbocycles. The van der Waals surface area contributed by atoms with E-state index in [-0.39, 0.29) is 4.34 Å². The maximum atomic E-state index is 12.6. The first-order chi connectivity index (χ1) is 12.5. The molecule has 0 unspecified atom stereocenters. The summed E-state index contributed by atoms with van der Waals surface area (Å²) in [6, 6.07) is 13.3. The van der Waals surface area contributed by atoms with E-state index in [1.807, 2.05) is 48.7 Å². The molecule has 1 aromatic carbocycles. The summed E-state index contributed by atoms with van der Waals surface area (Å²) < 4.78 is 29.5. The molecule has 0 aliphatic carbocycles. The number of benzene rings is 1. The summed E-state index contributed by atoms with van der Waals surface area (Å²) in [5.41, 5.74) is 2.51. The maximum Gasteiger partial charge on any atom is 0.290 e. The largest absolute Gasteiger partial charge is 0.290 e. The van der Waals surface area contributed by atoms with E-state index >= 15 is 0 Å². The standard InChI is InChI=1S/C17H14N4O2S3/c1-12-5-2-3-6-14(12)21-16(11-13(19-21)15-7-4-9-24-15)20-26(22,23)17-18-8-10-25-17/h2-11,20H,1H3. The number of sulfonamides is 1. The molecule has 0 aliphatic rings. The Kier molecular flexibility index (Phi) is 4.35. The third kappa shape index (κ3) is 3.16. The quantitative estimate of drug-likeness (QED) is 0.544. The van der Waals surface area contributed by atoms with Crippen LogP contribution in [0.25, 0.3) is 16.3 Å². The molecule has 1 N–H and O–H groups in total. The topological polar surface area (TPSA) is 76.9 Å². The second kappa shape index (κ2) is 6.67. The number of thiophene rings is 1. The van der Waals surface area contributed by atoms with Crippen molar-refractivity contribution in [1.29, 1.82) is 0 Å². The van der Waals surface area contributed by atoms with Crippen molar-refractivity contribution in [2.45, 2.75) is 11.3 Å². The third-order valence-electron chi connectivity index (χ3n) is 3.71. The average Bonchev–Trinajstić information content (AvgIpc) is 3.37. The van der Waals surface area contributed by atoms with E-state index in [0.29, 0.717) is 11.5 Å². The third-order valence-corrected chi connectivity index (χ3v) is 7.15. The first-order valence-electron chi connectivity index (χ1n) is 7.67. The highest BCUT2D eigenvalue weighted by molar-refractivity contribution is 7.94. The van der Waals surface area contributed by atoms with E-state index < -0.39 is 10.0 Å². The monoisotopic (exact) mass is 402 g/mol. The van der Waals surface area contributed by atoms with E-state index in [9.17, 15) is 8.42 Å². The molecule has 26 heavy (non-hydrogen) atoms. The fourth-order valence-electron chi connectivity index (χ4n) is 2.51. The summed E-state index contributed by atoms with van der Waals surface area (Å²) in [5, 5.41) is 8.22. The Labute approximate surface area is 158 Å². The maximum absolute atomic E-state index is 12.6. The van der Waals surface area contributed by atoms with Crippen LogP contribution >= 0.6 is 22.7 Å². The van der Waals surface area contributed by atoms with Gasteiger partial charge in [-0.25, -0.2) is 9.67 Å². The van der Waals surface area contributed by atoms with Crippen LogP contribution in [-0.2, 0) is 10.0 Å². The zero-order valence-corrected chi connectivity index (χ0v) is 16.1. The second-order valence-corrected chi connectivity index (χ2v) is 9.19. The Morgan fingerprint density at radius 2 is 1.92 bits per heavy atom. The lowest BCUT2D eigenvalue weighted by Crippen LogP contribution is -2.16. The Balaban J connectivity index is 1.84. The van der Waals surface area contributed by atoms with Crippen LogP contribution in [0.5, 0.6) is 0 Å². The van der Waals surface area contributed by atoms with Gasteiger partial charge in [-0.1, -0.05) is 24.3 Å². The van der Waals surface area contributed by atoms with Crippen LogP contribution in [-0.4, -0.2) is 23.2 Å². The van der Waals surface area contributed by atoms with Crippen molar-refractivity contribution in [1.82, 2.24) is 14.8 Å². The van der Waals surface area contributed by atoms with Gasteiger partial charge in [-0.3, -0.25) is 4.72 Å². The van der Waals surface area contributed by atoms with E-state index in [0.717, 1.165) is 27.5 Å². The highest BCUT2D eigenvalue weighted by Crippen LogP contribution is 2.30. The summed E-state index contributed by atoms with van der Waals surface area (Å²) in [6.07, 6.45) is 1.47. The van der Waals surface area contributed by atoms with Gasteiger partial charge in [-0.15, -0.1) is 22.7 Å². The Morgan fingerprint density at radius 1 is 1.08 bits per heavy atom. The van der Waals surface area contributed by atoms with Gasteiger partial charge in [0, 0.05) is 17.6 Å². The number of anilines is 1. The van der Waals surface area contributed by atoms with E-state index in [1.54, 1.807) is 27.5 Å². The number of aromatic nitrogens is 3. The van der Waals surface area contributed by atoms with Gasteiger partial charge in [0.25, 0.3) is 10.0 Å². The van der Waals surface area contributed by atoms with Crippen LogP contribution in [0.15, 0.2) is 63.8 Å². The van der Waals surface area contributed by atoms with Gasteiger partial charge in [-0.05, 0) is 30.0 Å². The van der Waals surface area contributed by atoms with Crippen LogP contribution in [0.1, 0.15) is 5.56 Å². The summed E-state index contributed by atoms with van der Waals surface area (Å²) >= 11 is 2.62. The summed E-state index contributed by atoms with van der Waals surface area (Å²) in [7, 11) is -3.77. The van der Waals surface area contributed by atoms with Gasteiger partial charge in [-0.2, -0.15) is 13.5 Å². The fraction of sp³-hybridized carbons (Fsp3) is 0.0588. The summed E-state index contributed by atoms with van der Waals surface area (Å²) in [4.78, 5) is 4.87. The number of rotatable bonds is 5. The lowest BCUT2D eigenvalue weighted by Gasteiger charge is -2.11. The van der Waals surface area contributed by atoms with Crippen LogP contribution in [0.3, 0.4) is 0 Å². The number of aryl methyl sites for hydroxylation is 1. The molecule has 0 saturated heterocycles. The smallest absolute Gasteiger partial charge is 0.261 e. The molecule has 0 spiro atoms. The van der Waals surface area contributed by atoms with Crippen molar-refractivity contribution in [3.05, 3.63) is 65.0 Å². The molecule has 132 valence electrons. The first kappa shape index (κ1) is 17.0. The molecule has 6 nitrogen and oxygen atoms in total. The molecule has 4 rings (SSSR count). The molecule has 0 amide bonds. The Hall–Kier alpha value is -2.49. The van der Waals surface area contributed by atoms with E-state index in [1.165, 1.54) is 6.20 Å². The van der Waals surface area contributed by atoms with Crippen LogP contribution in [0, 0.1) is 6.92 Å². The first-order valence-corrected chi connectivity index (χ1v) is 10.9. The SMILES string of the molecule is Cc1ccccc1-n1nc(-c2cccs2)cc1NS(=O)(=O)c1nccs1. The minimum absolute atomic E-state index is 0.0210. The highest BCUT2D eigenvalue weighted by atomic mass is 32.2. The van der Waals surface area contributed by atoms with Crippen molar-refractivity contribution in [2.75, 3.05) is 4.72 Å². The minimum Gasteiger partial charge on any atom is -0.261 e. The van der Waals surface area contributed by atoms with Crippen molar-refractivity contribution in [3.8, 4) is 16.3 Å². The second-order valence-electron chi connectivity index (χ2n) is 5.49. The molecule has 0 radical (unpaired) electrons. The Morgan fingerprint density at radius 3 is 2.62 bits per heavy atom. The van der Waals surface area contributed by atoms with Gasteiger partial charge < -0.3 is 0 Å². The van der Waals surface area contributed by atoms with Gasteiger partial charge in [0.05, 0.1) is 10.6 Å². The predicted molar refractivity (Wildman–Crippen MR) is 105 cm³/mol. The summed E-state index contributed by atoms with van der Waals surface area (Å²) in [6.45, 7) is 1.96. The summed E-state index contributed by atoms with van der Waals surface area (Å²) in [5.74, 6) is 0.373. The highest BCUT2D eigenvalue weighted by Gasteiger charge is 2.22. The number of nitrogens with one attached hydrogen (secondary N) is 1. The van der Waals surface area contributed by atoms with Gasteiger partial charge in [0.2, 0.25) is 4.34 Å². The van der Waals surface area contributed by atoms with E-state index in [2.05, 4.69) is 14.8 Å². The fourth-order valence-corrected chi connectivity index (χ4v) is 5.05. The molecular weight excluding hydrogens is 388 g/mol. The minimum atomic E-state index is -3.77. The molecule has 4 aromatic rings. The number of para-hydroxylation sites is 1. The zero-order chi connectivity index (χ0) is 18.1. The van der Waals surface area contributed by atoms with Crippen molar-refractivity contribution in [2.24, 2.45) is 0 Å². The number of hydrogen-bond donors (Lipinski definition) is 1. The van der Waals surface area contributed by atoms with Crippen molar-refractivity contribution >= 4 is 38.5 Å². The molecule has 0 atom stereocenters. The van der Waals surface area contributed by atoms with Crippen molar-refractivity contribution in [3.63, 3.8) is 0 Å². The molecule has 3 heterocycles. The lowest BCUT2D eigenvalue weighted by atomic mass is 10.2. The molecular formula is C17H14N4O2S3. The zero-order valence-electron chi connectivity index (χ0n) is 13.7. The van der Waals surface area contributed by atoms with Gasteiger partial charge in [0.15, 0.2) is 0 Å². The molecule has 0 fully saturated rings. The van der Waals surface area contributed by atoms with E-state index in [4.69, 9.17) is 0 Å². The van der Waals surface area contributed by atoms with Crippen LogP contribution in [0.2, 0.25) is 0 Å². The van der Waals surface area contributed by atoms with Crippen LogP contribution in [0.4, 0.5) is 5.82 Å². The molecule has 0 bridgehead atoms. The van der Waals surface area contributed by atoms with Gasteiger partial charge in [0.1, 0.15) is 11.5 Å². The number of thiazole rings is 1. The number of hydrogen-bond acceptors (Lipinski definition) is 6. The Bertz CT molecular complexity index is 1130. The van der Waals surface area contributed by atoms with Crippen LogP contribution < -0.4 is 4.72 Å². The van der Waals surface area contributed by atoms with Gasteiger partial charge >= 0.3 is 0 Å². The average molecular weight is 403 g/mol. The lowest BCUT2D eigenvalue weighted by molar-refractivity contribution is 0.600. The normalized spacial score (nSPS) is 11.6. The number of nitrogens with zero attached hydrogens (tertiary/aromatic N) is 3. The molecule has 3 aromatic heterocycles. The molecule has 9 heteroatoms.